The molecule has 3 rings (SSSR count). The largest absolute Gasteiger partial charge is 0.481 e. The van der Waals surface area contributed by atoms with Gasteiger partial charge >= 0.3 is 11.9 Å². The quantitative estimate of drug-likeness (QED) is 0.0134. The van der Waals surface area contributed by atoms with Crippen LogP contribution in [0.3, 0.4) is 0 Å². The van der Waals surface area contributed by atoms with Gasteiger partial charge in [0.25, 0.3) is 0 Å². The molecule has 68 heavy (non-hydrogen) atoms. The second-order valence-corrected chi connectivity index (χ2v) is 15.7. The number of carbonyl (C=O) groups is 10. The molecule has 0 aliphatic carbocycles. The molecule has 0 unspecified atom stereocenters. The molecule has 19 N–H and O–H groups in total. The van der Waals surface area contributed by atoms with Crippen molar-refractivity contribution in [2.75, 3.05) is 18.8 Å². The lowest BCUT2D eigenvalue weighted by Crippen LogP contribution is -2.58. The molecule has 27 nitrogen and oxygen atoms in total. The zero-order chi connectivity index (χ0) is 50.5. The molecule has 0 spiro atoms. The van der Waals surface area contributed by atoms with E-state index in [1.54, 1.807) is 30.5 Å². The monoisotopic (exact) mass is 971 g/mol. The van der Waals surface area contributed by atoms with Gasteiger partial charge in [-0.2, -0.15) is 12.6 Å². The fraction of sp³-hybridized carbons (Fsp3) is 0.450. The third-order valence-corrected chi connectivity index (χ3v) is 10.3. The highest BCUT2D eigenvalue weighted by atomic mass is 32.1. The number of aliphatic imine (C=N–C) groups is 1. The summed E-state index contributed by atoms with van der Waals surface area (Å²) in [4.78, 5) is 142. The number of benzene rings is 1. The summed E-state index contributed by atoms with van der Waals surface area (Å²) in [6.45, 7) is 0.589. The van der Waals surface area contributed by atoms with Gasteiger partial charge in [0.15, 0.2) is 5.96 Å². The van der Waals surface area contributed by atoms with Crippen molar-refractivity contribution in [2.24, 2.45) is 27.9 Å². The zero-order valence-corrected chi connectivity index (χ0v) is 37.7. The number of amides is 8. The minimum Gasteiger partial charge on any atom is -0.481 e. The number of carboxylic acid groups (broad SMARTS) is 2. The van der Waals surface area contributed by atoms with Crippen LogP contribution in [0.2, 0.25) is 0 Å². The highest BCUT2D eigenvalue weighted by Gasteiger charge is 2.33. The number of carboxylic acids is 2. The number of carbonyl (C=O) groups excluding carboxylic acids is 8. The lowest BCUT2D eigenvalue weighted by atomic mass is 10.0. The van der Waals surface area contributed by atoms with E-state index in [-0.39, 0.29) is 56.8 Å². The van der Waals surface area contributed by atoms with Crippen molar-refractivity contribution in [2.45, 2.75) is 94.2 Å². The van der Waals surface area contributed by atoms with Crippen molar-refractivity contribution in [1.29, 1.82) is 0 Å². The molecule has 2 heterocycles. The molecular formula is C40H57N15O12S. The first-order valence-electron chi connectivity index (χ1n) is 20.9. The number of guanidine groups is 1. The van der Waals surface area contributed by atoms with Crippen LogP contribution >= 0.6 is 12.6 Å². The number of thiol groups is 1. The van der Waals surface area contributed by atoms with Crippen LogP contribution in [0, 0.1) is 0 Å². The van der Waals surface area contributed by atoms with Crippen molar-refractivity contribution in [3.8, 4) is 0 Å². The molecule has 3 aromatic rings. The number of nitrogens with one attached hydrogen (secondary N) is 9. The number of primary amides is 1. The Kier molecular flexibility index (Phi) is 21.7. The number of aliphatic carboxylic acids is 2. The summed E-state index contributed by atoms with van der Waals surface area (Å²) < 4.78 is 0. The second kappa shape index (κ2) is 27.0. The van der Waals surface area contributed by atoms with Gasteiger partial charge in [0.2, 0.25) is 47.3 Å². The number of aromatic amines is 2. The minimum absolute atomic E-state index is 0.0592. The van der Waals surface area contributed by atoms with Crippen molar-refractivity contribution < 1.29 is 58.2 Å². The Morgan fingerprint density at radius 1 is 0.750 bits per heavy atom. The lowest BCUT2D eigenvalue weighted by molar-refractivity contribution is -0.142. The minimum atomic E-state index is -1.74. The molecular weight excluding hydrogens is 915 g/mol. The van der Waals surface area contributed by atoms with E-state index < -0.39 is 114 Å². The molecule has 0 aliphatic rings. The molecule has 0 radical (unpaired) electrons. The molecule has 28 heteroatoms. The fourth-order valence-corrected chi connectivity index (χ4v) is 6.61. The van der Waals surface area contributed by atoms with E-state index in [1.165, 1.54) is 19.4 Å². The van der Waals surface area contributed by atoms with Gasteiger partial charge in [-0.25, -0.2) is 9.78 Å². The number of hydrogen-bond acceptors (Lipinski definition) is 14. The Balaban J connectivity index is 1.75. The number of imidazole rings is 1. The Hall–Kier alpha value is -7.75. The number of hydrogen-bond donors (Lipinski definition) is 16. The summed E-state index contributed by atoms with van der Waals surface area (Å²) in [7, 11) is 0. The number of para-hydroxylation sites is 1. The third-order valence-electron chi connectivity index (χ3n) is 9.96. The molecule has 0 saturated carbocycles. The number of fused-ring (bicyclic) bond motifs is 1. The molecule has 7 atom stereocenters. The smallest absolute Gasteiger partial charge is 0.327 e. The van der Waals surface area contributed by atoms with Crippen molar-refractivity contribution in [3.63, 3.8) is 0 Å². The number of nitrogens with zero attached hydrogens (tertiary/aromatic N) is 2. The van der Waals surface area contributed by atoms with Gasteiger partial charge in [0.1, 0.15) is 36.3 Å². The highest BCUT2D eigenvalue weighted by Crippen LogP contribution is 2.19. The Morgan fingerprint density at radius 3 is 2.00 bits per heavy atom. The number of rotatable bonds is 29. The number of H-pyrrole nitrogens is 2. The van der Waals surface area contributed by atoms with Crippen LogP contribution < -0.4 is 60.2 Å². The maximum atomic E-state index is 13.7. The Morgan fingerprint density at radius 2 is 1.37 bits per heavy atom. The average Bonchev–Trinajstić information content (AvgIpc) is 3.96. The average molecular weight is 972 g/mol. The van der Waals surface area contributed by atoms with Crippen LogP contribution in [0.4, 0.5) is 0 Å². The van der Waals surface area contributed by atoms with Crippen molar-refractivity contribution >= 4 is 88.7 Å². The maximum Gasteiger partial charge on any atom is 0.327 e. The standard InChI is InChI=1S/C40H57N15O12S/c1-19(33(60)52-27(12-21-15-45-18-49-21)37(64)51-25(7-4-10-46-40(43)44)36(63)55-29(17-68)39(66)67)50-31(57)16-48-35(62)26(11-20-14-47-24-6-3-2-5-22(20)24)54-38(65)28(13-32(58)59)53-34(61)23(41)8-9-30(42)56/h2-3,5-6,14-15,18-19,23,25-29,47,68H,4,7-13,16-17,41H2,1H3,(H2,42,56)(H,45,49)(H,48,62)(H,50,57)(H,51,64)(H,52,60)(H,53,61)(H,54,65)(H,55,63)(H,58,59)(H,66,67)(H4,43,44,46)/t19-,23-,25-,26-,27-,28-,29-/m0/s1. The van der Waals surface area contributed by atoms with Crippen LogP contribution in [-0.2, 0) is 60.8 Å². The van der Waals surface area contributed by atoms with Gasteiger partial charge in [0, 0.05) is 60.6 Å². The van der Waals surface area contributed by atoms with E-state index in [0.717, 1.165) is 0 Å². The number of aromatic nitrogens is 3. The van der Waals surface area contributed by atoms with E-state index >= 15 is 0 Å². The normalized spacial score (nSPS) is 14.0. The molecule has 1 aromatic carbocycles. The third kappa shape index (κ3) is 18.3. The van der Waals surface area contributed by atoms with E-state index in [0.29, 0.717) is 22.2 Å². The Bertz CT molecular complexity index is 2300. The summed E-state index contributed by atoms with van der Waals surface area (Å²) in [5.74, 6) is -10.6. The second-order valence-electron chi connectivity index (χ2n) is 15.3. The van der Waals surface area contributed by atoms with Gasteiger partial charge in [-0.15, -0.1) is 0 Å². The van der Waals surface area contributed by atoms with Gasteiger partial charge in [-0.3, -0.25) is 48.1 Å². The van der Waals surface area contributed by atoms with Gasteiger partial charge < -0.3 is 80.3 Å². The highest BCUT2D eigenvalue weighted by molar-refractivity contribution is 7.80. The summed E-state index contributed by atoms with van der Waals surface area (Å²) in [6.07, 6.45) is 2.63. The van der Waals surface area contributed by atoms with E-state index in [9.17, 15) is 58.2 Å². The molecule has 2 aromatic heterocycles. The molecule has 8 amide bonds. The summed E-state index contributed by atoms with van der Waals surface area (Å²) in [5.41, 5.74) is 23.3. The van der Waals surface area contributed by atoms with E-state index in [2.05, 4.69) is 69.8 Å². The van der Waals surface area contributed by atoms with Crippen LogP contribution in [0.1, 0.15) is 50.3 Å². The van der Waals surface area contributed by atoms with E-state index in [4.69, 9.17) is 22.9 Å². The summed E-state index contributed by atoms with van der Waals surface area (Å²) in [5, 5.41) is 36.4. The molecule has 0 aliphatic heterocycles. The fourth-order valence-electron chi connectivity index (χ4n) is 6.37. The van der Waals surface area contributed by atoms with E-state index in [1.807, 2.05) is 0 Å². The summed E-state index contributed by atoms with van der Waals surface area (Å²) >= 11 is 3.95. The molecule has 0 bridgehead atoms. The van der Waals surface area contributed by atoms with Crippen LogP contribution in [0.25, 0.3) is 10.9 Å². The van der Waals surface area contributed by atoms with Crippen molar-refractivity contribution in [1.82, 2.24) is 52.2 Å². The predicted octanol–water partition coefficient (Wildman–Crippen LogP) is -5.14. The first kappa shape index (κ1) is 54.6. The molecule has 370 valence electrons. The summed E-state index contributed by atoms with van der Waals surface area (Å²) in [6, 6.07) is -3.01. The first-order valence-corrected chi connectivity index (χ1v) is 21.6. The number of nitrogens with two attached hydrogens (primary N) is 4. The van der Waals surface area contributed by atoms with Gasteiger partial charge in [0.05, 0.1) is 25.3 Å². The van der Waals surface area contributed by atoms with Crippen LogP contribution in [0.15, 0.2) is 48.0 Å². The Labute approximate surface area is 393 Å². The molecule has 0 fully saturated rings. The lowest BCUT2D eigenvalue weighted by Gasteiger charge is -2.25. The topological polar surface area (TPSA) is 456 Å². The van der Waals surface area contributed by atoms with Gasteiger partial charge in [-0.1, -0.05) is 18.2 Å². The van der Waals surface area contributed by atoms with Gasteiger partial charge in [-0.05, 0) is 37.8 Å². The zero-order valence-electron chi connectivity index (χ0n) is 36.8. The van der Waals surface area contributed by atoms with Crippen molar-refractivity contribution in [3.05, 3.63) is 54.2 Å². The maximum absolute atomic E-state index is 13.7. The predicted molar refractivity (Wildman–Crippen MR) is 245 cm³/mol. The SMILES string of the molecule is C[C@H](NC(=O)CNC(=O)[C@H](Cc1c[nH]c2ccccc12)NC(=O)[C@H](CC(=O)O)NC(=O)[C@@H](N)CCC(N)=O)C(=O)N[C@@H](Cc1cnc[nH]1)C(=O)N[C@@H](CCCN=C(N)N)C(=O)N[C@@H](CS)C(=O)O. The van der Waals surface area contributed by atoms with Crippen LogP contribution in [-0.4, -0.2) is 151 Å². The first-order chi connectivity index (χ1) is 32.2. The molecule has 0 saturated heterocycles. The van der Waals surface area contributed by atoms with Crippen LogP contribution in [0.5, 0.6) is 0 Å².